The van der Waals surface area contributed by atoms with Crippen molar-refractivity contribution in [1.29, 1.82) is 0 Å². The van der Waals surface area contributed by atoms with Gasteiger partial charge in [0.2, 0.25) is 5.91 Å². The highest BCUT2D eigenvalue weighted by molar-refractivity contribution is 5.77. The number of nitrogens with one attached hydrogen (secondary N) is 1. The van der Waals surface area contributed by atoms with E-state index in [1.54, 1.807) is 14.2 Å². The van der Waals surface area contributed by atoms with E-state index in [1.165, 1.54) is 0 Å². The number of nitrogens with zero attached hydrogens (tertiary/aromatic N) is 1. The highest BCUT2D eigenvalue weighted by atomic mass is 16.5. The molecular weight excluding hydrogens is 280 g/mol. The van der Waals surface area contributed by atoms with Crippen LogP contribution in [0.1, 0.15) is 31.2 Å². The van der Waals surface area contributed by atoms with E-state index in [0.29, 0.717) is 19.1 Å². The maximum Gasteiger partial charge on any atom is 0.233 e. The second kappa shape index (κ2) is 8.15. The molecule has 0 aromatic heterocycles. The lowest BCUT2D eigenvalue weighted by Crippen LogP contribution is -2.43. The second-order valence-corrected chi connectivity index (χ2v) is 5.89. The van der Waals surface area contributed by atoms with Gasteiger partial charge in [-0.1, -0.05) is 12.1 Å². The van der Waals surface area contributed by atoms with Gasteiger partial charge in [0.1, 0.15) is 5.75 Å². The number of rotatable bonds is 6. The first-order chi connectivity index (χ1) is 10.6. The molecule has 0 saturated heterocycles. The molecule has 1 saturated carbocycles. The van der Waals surface area contributed by atoms with Crippen molar-refractivity contribution in [3.63, 3.8) is 0 Å². The minimum absolute atomic E-state index is 0.0222. The molecule has 5 heteroatoms. The minimum Gasteiger partial charge on any atom is -0.497 e. The number of benzene rings is 1. The molecule has 1 aliphatic carbocycles. The van der Waals surface area contributed by atoms with Gasteiger partial charge in [-0.05, 0) is 43.4 Å². The molecule has 0 unspecified atom stereocenters. The molecule has 2 rings (SSSR count). The lowest BCUT2D eigenvalue weighted by atomic mass is 9.91. The zero-order valence-electron chi connectivity index (χ0n) is 13.4. The van der Waals surface area contributed by atoms with E-state index in [0.717, 1.165) is 37.0 Å². The second-order valence-electron chi connectivity index (χ2n) is 5.89. The van der Waals surface area contributed by atoms with E-state index in [-0.39, 0.29) is 12.0 Å². The molecule has 1 aromatic carbocycles. The fraction of sp³-hybridized carbons (Fsp3) is 0.588. The van der Waals surface area contributed by atoms with Crippen LogP contribution in [0, 0.1) is 0 Å². The summed E-state index contributed by atoms with van der Waals surface area (Å²) in [5, 5.41) is 12.4. The zero-order chi connectivity index (χ0) is 15.9. The average molecular weight is 306 g/mol. The van der Waals surface area contributed by atoms with Crippen molar-refractivity contribution in [3.8, 4) is 5.75 Å². The monoisotopic (exact) mass is 306 g/mol. The van der Waals surface area contributed by atoms with Gasteiger partial charge in [0.15, 0.2) is 0 Å². The summed E-state index contributed by atoms with van der Waals surface area (Å²) in [6.45, 7) is 1.10. The SMILES string of the molecule is CNC(=O)CN(Cc1cccc(OC)c1)C1CCC(O)CC1. The highest BCUT2D eigenvalue weighted by Crippen LogP contribution is 2.25. The third-order valence-corrected chi connectivity index (χ3v) is 4.33. The Morgan fingerprint density at radius 3 is 2.73 bits per heavy atom. The molecule has 1 aliphatic rings. The normalized spacial score (nSPS) is 21.6. The Morgan fingerprint density at radius 2 is 2.09 bits per heavy atom. The number of amides is 1. The van der Waals surface area contributed by atoms with Crippen LogP contribution in [0.5, 0.6) is 5.75 Å². The summed E-state index contributed by atoms with van der Waals surface area (Å²) in [5.41, 5.74) is 1.13. The van der Waals surface area contributed by atoms with Gasteiger partial charge in [-0.2, -0.15) is 0 Å². The maximum absolute atomic E-state index is 11.8. The fourth-order valence-electron chi connectivity index (χ4n) is 3.01. The lowest BCUT2D eigenvalue weighted by Gasteiger charge is -2.35. The molecule has 122 valence electrons. The molecule has 2 N–H and O–H groups in total. The van der Waals surface area contributed by atoms with Crippen molar-refractivity contribution in [2.24, 2.45) is 0 Å². The summed E-state index contributed by atoms with van der Waals surface area (Å²) in [7, 11) is 3.32. The van der Waals surface area contributed by atoms with Gasteiger partial charge in [-0.25, -0.2) is 0 Å². The summed E-state index contributed by atoms with van der Waals surface area (Å²) in [6.07, 6.45) is 3.31. The van der Waals surface area contributed by atoms with E-state index >= 15 is 0 Å². The van der Waals surface area contributed by atoms with Crippen molar-refractivity contribution in [1.82, 2.24) is 10.2 Å². The predicted molar refractivity (Wildman–Crippen MR) is 85.7 cm³/mol. The van der Waals surface area contributed by atoms with Crippen LogP contribution >= 0.6 is 0 Å². The van der Waals surface area contributed by atoms with E-state index in [9.17, 15) is 9.90 Å². The van der Waals surface area contributed by atoms with Crippen LogP contribution in [-0.2, 0) is 11.3 Å². The van der Waals surface area contributed by atoms with Crippen molar-refractivity contribution in [3.05, 3.63) is 29.8 Å². The number of carbonyl (C=O) groups is 1. The summed E-state index contributed by atoms with van der Waals surface area (Å²) in [4.78, 5) is 14.0. The van der Waals surface area contributed by atoms with Crippen molar-refractivity contribution in [2.75, 3.05) is 20.7 Å². The molecule has 0 radical (unpaired) electrons. The lowest BCUT2D eigenvalue weighted by molar-refractivity contribution is -0.122. The van der Waals surface area contributed by atoms with E-state index < -0.39 is 0 Å². The first-order valence-corrected chi connectivity index (χ1v) is 7.88. The van der Waals surface area contributed by atoms with Crippen LogP contribution in [0.25, 0.3) is 0 Å². The number of hydrogen-bond donors (Lipinski definition) is 2. The van der Waals surface area contributed by atoms with Gasteiger partial charge < -0.3 is 15.2 Å². The minimum atomic E-state index is -0.185. The third kappa shape index (κ3) is 4.71. The molecule has 1 fully saturated rings. The van der Waals surface area contributed by atoms with Crippen molar-refractivity contribution in [2.45, 2.75) is 44.4 Å². The first-order valence-electron chi connectivity index (χ1n) is 7.88. The smallest absolute Gasteiger partial charge is 0.233 e. The summed E-state index contributed by atoms with van der Waals surface area (Å²) >= 11 is 0. The molecule has 0 aliphatic heterocycles. The zero-order valence-corrected chi connectivity index (χ0v) is 13.4. The number of methoxy groups -OCH3 is 1. The Bertz CT molecular complexity index is 485. The quantitative estimate of drug-likeness (QED) is 0.837. The maximum atomic E-state index is 11.8. The van der Waals surface area contributed by atoms with Gasteiger partial charge in [0.05, 0.1) is 19.8 Å². The fourth-order valence-corrected chi connectivity index (χ4v) is 3.01. The molecule has 1 aromatic rings. The summed E-state index contributed by atoms with van der Waals surface area (Å²) in [6, 6.07) is 8.29. The van der Waals surface area contributed by atoms with Crippen LogP contribution in [0.3, 0.4) is 0 Å². The molecular formula is C17H26N2O3. The van der Waals surface area contributed by atoms with Gasteiger partial charge in [-0.15, -0.1) is 0 Å². The predicted octanol–water partition coefficient (Wildman–Crippen LogP) is 1.55. The summed E-state index contributed by atoms with van der Waals surface area (Å²) < 4.78 is 5.27. The Balaban J connectivity index is 2.07. The standard InChI is InChI=1S/C17H26N2O3/c1-18-17(21)12-19(14-6-8-15(20)9-7-14)11-13-4-3-5-16(10-13)22-2/h3-5,10,14-15,20H,6-9,11-12H2,1-2H3,(H,18,21). The number of carbonyl (C=O) groups excluding carboxylic acids is 1. The number of ether oxygens (including phenoxy) is 1. The number of hydrogen-bond acceptors (Lipinski definition) is 4. The first kappa shape index (κ1) is 16.8. The number of likely N-dealkylation sites (N-methyl/N-ethyl adjacent to an activating group) is 1. The Morgan fingerprint density at radius 1 is 1.36 bits per heavy atom. The van der Waals surface area contributed by atoms with E-state index in [4.69, 9.17) is 4.74 Å². The molecule has 22 heavy (non-hydrogen) atoms. The van der Waals surface area contributed by atoms with Crippen LogP contribution in [0.4, 0.5) is 0 Å². The van der Waals surface area contributed by atoms with Gasteiger partial charge in [-0.3, -0.25) is 9.69 Å². The topological polar surface area (TPSA) is 61.8 Å². The van der Waals surface area contributed by atoms with Gasteiger partial charge >= 0.3 is 0 Å². The van der Waals surface area contributed by atoms with Crippen LogP contribution in [-0.4, -0.2) is 48.8 Å². The van der Waals surface area contributed by atoms with Crippen molar-refractivity contribution < 1.29 is 14.6 Å². The average Bonchev–Trinajstić information content (AvgIpc) is 2.55. The van der Waals surface area contributed by atoms with Gasteiger partial charge in [0.25, 0.3) is 0 Å². The molecule has 5 nitrogen and oxygen atoms in total. The van der Waals surface area contributed by atoms with E-state index in [1.807, 2.05) is 18.2 Å². The largest absolute Gasteiger partial charge is 0.497 e. The van der Waals surface area contributed by atoms with Gasteiger partial charge in [0, 0.05) is 19.6 Å². The molecule has 0 spiro atoms. The Labute approximate surface area is 132 Å². The Kier molecular flexibility index (Phi) is 6.21. The Hall–Kier alpha value is -1.59. The van der Waals surface area contributed by atoms with Crippen LogP contribution in [0.2, 0.25) is 0 Å². The molecule has 0 bridgehead atoms. The van der Waals surface area contributed by atoms with Crippen LogP contribution in [0.15, 0.2) is 24.3 Å². The summed E-state index contributed by atoms with van der Waals surface area (Å²) in [5.74, 6) is 0.852. The highest BCUT2D eigenvalue weighted by Gasteiger charge is 2.26. The molecule has 0 heterocycles. The number of aliphatic hydroxyl groups is 1. The van der Waals surface area contributed by atoms with Crippen LogP contribution < -0.4 is 10.1 Å². The van der Waals surface area contributed by atoms with E-state index in [2.05, 4.69) is 16.3 Å². The number of aliphatic hydroxyl groups excluding tert-OH is 1. The van der Waals surface area contributed by atoms with Crippen molar-refractivity contribution >= 4 is 5.91 Å². The molecule has 1 amide bonds. The molecule has 0 atom stereocenters. The third-order valence-electron chi connectivity index (χ3n) is 4.33.